The molecule has 1 fully saturated rings. The molecule has 4 N–H and O–H groups in total. The summed E-state index contributed by atoms with van der Waals surface area (Å²) in [6, 6.07) is 18.0. The van der Waals surface area contributed by atoms with Gasteiger partial charge in [-0.1, -0.05) is 6.07 Å². The van der Waals surface area contributed by atoms with Crippen molar-refractivity contribution in [3.63, 3.8) is 0 Å². The van der Waals surface area contributed by atoms with E-state index in [1.807, 2.05) is 12.1 Å². The van der Waals surface area contributed by atoms with Crippen molar-refractivity contribution >= 4 is 23.1 Å². The molecule has 7 nitrogen and oxygen atoms in total. The highest BCUT2D eigenvalue weighted by molar-refractivity contribution is 6.11. The summed E-state index contributed by atoms with van der Waals surface area (Å²) in [4.78, 5) is 21.2. The molecule has 0 aromatic heterocycles. The Balaban J connectivity index is 1.44. The molecule has 0 radical (unpaired) electrons. The van der Waals surface area contributed by atoms with Crippen molar-refractivity contribution in [1.82, 2.24) is 4.90 Å². The van der Waals surface area contributed by atoms with E-state index in [0.29, 0.717) is 28.3 Å². The molecular weight excluding hydrogens is 421 g/mol. The van der Waals surface area contributed by atoms with Gasteiger partial charge in [0.25, 0.3) is 5.91 Å². The predicted molar refractivity (Wildman–Crippen MR) is 129 cm³/mol. The molecule has 33 heavy (non-hydrogen) atoms. The first-order chi connectivity index (χ1) is 15.9. The number of nitrogens with two attached hydrogens (primary N) is 2. The standard InChI is InChI=1S/C25H26FN5O2/c1-30-11-13-31(14-12-30)19-7-5-17(6-8-19)25(32)29-24(28)22-10-9-21(16-23(22)27)33-20-4-2-3-18(26)15-20/h2-10,15-16H,11-14,27H2,1H3,(H2,28,29,32). The zero-order chi connectivity index (χ0) is 23.4. The van der Waals surface area contributed by atoms with Gasteiger partial charge < -0.3 is 26.0 Å². The molecule has 3 aromatic carbocycles. The molecule has 3 aromatic rings. The normalized spacial score (nSPS) is 14.8. The van der Waals surface area contributed by atoms with Gasteiger partial charge in [0.2, 0.25) is 0 Å². The lowest BCUT2D eigenvalue weighted by Crippen LogP contribution is -2.44. The number of hydrogen-bond donors (Lipinski definition) is 2. The zero-order valence-electron chi connectivity index (χ0n) is 18.4. The summed E-state index contributed by atoms with van der Waals surface area (Å²) < 4.78 is 19.0. The molecule has 1 amide bonds. The Morgan fingerprint density at radius 1 is 0.970 bits per heavy atom. The van der Waals surface area contributed by atoms with Crippen LogP contribution in [0.3, 0.4) is 0 Å². The van der Waals surface area contributed by atoms with Gasteiger partial charge in [0.05, 0.1) is 0 Å². The van der Waals surface area contributed by atoms with Gasteiger partial charge >= 0.3 is 0 Å². The highest BCUT2D eigenvalue weighted by Crippen LogP contribution is 2.26. The number of carbonyl (C=O) groups excluding carboxylic acids is 1. The van der Waals surface area contributed by atoms with E-state index in [1.54, 1.807) is 42.5 Å². The average Bonchev–Trinajstić information content (AvgIpc) is 2.80. The number of ether oxygens (including phenoxy) is 1. The van der Waals surface area contributed by atoms with E-state index < -0.39 is 11.7 Å². The molecule has 0 spiro atoms. The van der Waals surface area contributed by atoms with Gasteiger partial charge in [0, 0.05) is 60.8 Å². The number of nitrogen functional groups attached to an aromatic ring is 1. The maximum Gasteiger partial charge on any atom is 0.278 e. The fraction of sp³-hybridized carbons (Fsp3) is 0.200. The van der Waals surface area contributed by atoms with E-state index in [0.717, 1.165) is 31.9 Å². The number of amides is 1. The Labute approximate surface area is 192 Å². The molecule has 1 aliphatic rings. The zero-order valence-corrected chi connectivity index (χ0v) is 18.4. The molecular formula is C25H26FN5O2. The average molecular weight is 448 g/mol. The second kappa shape index (κ2) is 9.70. The summed E-state index contributed by atoms with van der Waals surface area (Å²) in [7, 11) is 2.11. The van der Waals surface area contributed by atoms with Gasteiger partial charge in [-0.2, -0.15) is 4.99 Å². The van der Waals surface area contributed by atoms with Crippen LogP contribution in [0, 0.1) is 5.82 Å². The van der Waals surface area contributed by atoms with Crippen LogP contribution in [0.1, 0.15) is 15.9 Å². The lowest BCUT2D eigenvalue weighted by atomic mass is 10.1. The molecule has 0 aliphatic carbocycles. The topological polar surface area (TPSA) is 97.2 Å². The van der Waals surface area contributed by atoms with Crippen molar-refractivity contribution in [2.24, 2.45) is 10.7 Å². The number of hydrogen-bond acceptors (Lipinski definition) is 5. The third-order valence-corrected chi connectivity index (χ3v) is 5.54. The summed E-state index contributed by atoms with van der Waals surface area (Å²) in [5, 5.41) is 0. The number of benzene rings is 3. The SMILES string of the molecule is CN1CCN(c2ccc(C(=O)N=C(N)c3ccc(Oc4cccc(F)c4)cc3N)cc2)CC1. The number of likely N-dealkylation sites (N-methyl/N-ethyl adjacent to an activating group) is 1. The largest absolute Gasteiger partial charge is 0.457 e. The molecule has 170 valence electrons. The summed E-state index contributed by atoms with van der Waals surface area (Å²) >= 11 is 0. The smallest absolute Gasteiger partial charge is 0.278 e. The minimum absolute atomic E-state index is 0.0120. The van der Waals surface area contributed by atoms with Crippen molar-refractivity contribution < 1.29 is 13.9 Å². The van der Waals surface area contributed by atoms with Gasteiger partial charge in [0.15, 0.2) is 0 Å². The lowest BCUT2D eigenvalue weighted by molar-refractivity contribution is 0.100. The summed E-state index contributed by atoms with van der Waals surface area (Å²) in [5.41, 5.74) is 14.4. The molecule has 0 bridgehead atoms. The van der Waals surface area contributed by atoms with Crippen LogP contribution < -0.4 is 21.1 Å². The van der Waals surface area contributed by atoms with Gasteiger partial charge in [-0.15, -0.1) is 0 Å². The van der Waals surface area contributed by atoms with Crippen LogP contribution in [0.2, 0.25) is 0 Å². The highest BCUT2D eigenvalue weighted by atomic mass is 19.1. The Kier molecular flexibility index (Phi) is 6.55. The van der Waals surface area contributed by atoms with E-state index >= 15 is 0 Å². The van der Waals surface area contributed by atoms with Crippen LogP contribution in [0.25, 0.3) is 0 Å². The highest BCUT2D eigenvalue weighted by Gasteiger charge is 2.15. The van der Waals surface area contributed by atoms with Crippen LogP contribution in [0.15, 0.2) is 71.7 Å². The van der Waals surface area contributed by atoms with Gasteiger partial charge in [-0.05, 0) is 55.6 Å². The molecule has 0 atom stereocenters. The molecule has 0 saturated carbocycles. The third kappa shape index (κ3) is 5.48. The van der Waals surface area contributed by atoms with Gasteiger partial charge in [0.1, 0.15) is 23.2 Å². The number of carbonyl (C=O) groups is 1. The Morgan fingerprint density at radius 2 is 1.67 bits per heavy atom. The Bertz CT molecular complexity index is 1170. The molecule has 0 unspecified atom stereocenters. The molecule has 8 heteroatoms. The van der Waals surface area contributed by atoms with E-state index in [9.17, 15) is 9.18 Å². The van der Waals surface area contributed by atoms with Crippen molar-refractivity contribution in [1.29, 1.82) is 0 Å². The number of nitrogens with zero attached hydrogens (tertiary/aromatic N) is 3. The third-order valence-electron chi connectivity index (χ3n) is 5.54. The van der Waals surface area contributed by atoms with Crippen molar-refractivity contribution in [2.45, 2.75) is 0 Å². The quantitative estimate of drug-likeness (QED) is 0.353. The van der Waals surface area contributed by atoms with E-state index in [4.69, 9.17) is 16.2 Å². The first-order valence-electron chi connectivity index (χ1n) is 10.6. The van der Waals surface area contributed by atoms with Crippen LogP contribution in [-0.4, -0.2) is 49.9 Å². The first kappa shape index (κ1) is 22.3. The van der Waals surface area contributed by atoms with E-state index in [-0.39, 0.29) is 5.84 Å². The number of halogens is 1. The number of anilines is 2. The summed E-state index contributed by atoms with van der Waals surface area (Å²) in [6.45, 7) is 3.92. The van der Waals surface area contributed by atoms with Crippen molar-refractivity contribution in [2.75, 3.05) is 43.9 Å². The second-order valence-corrected chi connectivity index (χ2v) is 7.95. The Hall–Kier alpha value is -3.91. The van der Waals surface area contributed by atoms with E-state index in [2.05, 4.69) is 21.8 Å². The molecule has 1 aliphatic heterocycles. The van der Waals surface area contributed by atoms with Crippen molar-refractivity contribution in [3.8, 4) is 11.5 Å². The summed E-state index contributed by atoms with van der Waals surface area (Å²) in [6.07, 6.45) is 0. The number of piperazine rings is 1. The minimum Gasteiger partial charge on any atom is -0.457 e. The van der Waals surface area contributed by atoms with Crippen LogP contribution in [0.5, 0.6) is 11.5 Å². The monoisotopic (exact) mass is 447 g/mol. The van der Waals surface area contributed by atoms with Gasteiger partial charge in [-0.3, -0.25) is 4.79 Å². The first-order valence-corrected chi connectivity index (χ1v) is 10.6. The maximum absolute atomic E-state index is 13.3. The molecule has 1 saturated heterocycles. The van der Waals surface area contributed by atoms with Crippen molar-refractivity contribution in [3.05, 3.63) is 83.7 Å². The van der Waals surface area contributed by atoms with Crippen LogP contribution >= 0.6 is 0 Å². The molecule has 4 rings (SSSR count). The number of rotatable bonds is 5. The maximum atomic E-state index is 13.3. The lowest BCUT2D eigenvalue weighted by Gasteiger charge is -2.34. The Morgan fingerprint density at radius 3 is 2.33 bits per heavy atom. The fourth-order valence-corrected chi connectivity index (χ4v) is 3.62. The summed E-state index contributed by atoms with van der Waals surface area (Å²) in [5.74, 6) is -0.0714. The fourth-order valence-electron chi connectivity index (χ4n) is 3.62. The molecule has 1 heterocycles. The predicted octanol–water partition coefficient (Wildman–Crippen LogP) is 3.50. The number of aliphatic imine (C=N–C) groups is 1. The van der Waals surface area contributed by atoms with E-state index in [1.165, 1.54) is 12.1 Å². The number of amidine groups is 1. The van der Waals surface area contributed by atoms with Gasteiger partial charge in [-0.25, -0.2) is 4.39 Å². The van der Waals surface area contributed by atoms with Crippen LogP contribution in [0.4, 0.5) is 15.8 Å². The minimum atomic E-state index is -0.447. The van der Waals surface area contributed by atoms with Crippen LogP contribution in [-0.2, 0) is 0 Å². The second-order valence-electron chi connectivity index (χ2n) is 7.95.